The minimum atomic E-state index is -0.557. The van der Waals surface area contributed by atoms with Crippen molar-refractivity contribution in [1.82, 2.24) is 0 Å². The number of hydrogen-bond donors (Lipinski definition) is 2. The van der Waals surface area contributed by atoms with Crippen molar-refractivity contribution in [2.75, 3.05) is 17.2 Å². The number of benzene rings is 2. The first-order chi connectivity index (χ1) is 12.0. The average molecular weight is 363 g/mol. The van der Waals surface area contributed by atoms with Crippen LogP contribution in [0.25, 0.3) is 0 Å². The van der Waals surface area contributed by atoms with E-state index in [1.165, 1.54) is 18.2 Å². The summed E-state index contributed by atoms with van der Waals surface area (Å²) in [6, 6.07) is 10.5. The number of amides is 2. The highest BCUT2D eigenvalue weighted by atomic mass is 35.5. The van der Waals surface area contributed by atoms with E-state index in [1.54, 1.807) is 24.3 Å². The van der Waals surface area contributed by atoms with Gasteiger partial charge in [0.1, 0.15) is 11.9 Å². The fourth-order valence-electron chi connectivity index (χ4n) is 2.52. The van der Waals surface area contributed by atoms with E-state index in [2.05, 4.69) is 10.6 Å². The molecule has 7 heteroatoms. The summed E-state index contributed by atoms with van der Waals surface area (Å²) in [6.07, 6.45) is 1.11. The molecule has 0 bridgehead atoms. The second kappa shape index (κ2) is 7.63. The maximum Gasteiger partial charge on any atom is 0.255 e. The Hall–Kier alpha value is -2.44. The summed E-state index contributed by atoms with van der Waals surface area (Å²) in [6.45, 7) is 0.584. The number of hydrogen-bond acceptors (Lipinski definition) is 3. The molecule has 2 N–H and O–H groups in total. The lowest BCUT2D eigenvalue weighted by atomic mass is 10.1. The first-order valence-corrected chi connectivity index (χ1v) is 8.19. The summed E-state index contributed by atoms with van der Waals surface area (Å²) in [5.74, 6) is -1.17. The molecule has 1 fully saturated rings. The molecule has 0 spiro atoms. The quantitative estimate of drug-likeness (QED) is 0.868. The first kappa shape index (κ1) is 17.4. The van der Waals surface area contributed by atoms with Gasteiger partial charge in [0.2, 0.25) is 0 Å². The van der Waals surface area contributed by atoms with Crippen LogP contribution >= 0.6 is 11.6 Å². The highest BCUT2D eigenvalue weighted by molar-refractivity contribution is 6.31. The predicted octanol–water partition coefficient (Wildman–Crippen LogP) is 3.85. The van der Waals surface area contributed by atoms with Gasteiger partial charge >= 0.3 is 0 Å². The lowest BCUT2D eigenvalue weighted by Gasteiger charge is -2.11. The van der Waals surface area contributed by atoms with Crippen molar-refractivity contribution in [2.45, 2.75) is 18.9 Å². The Bertz CT molecular complexity index is 807. The van der Waals surface area contributed by atoms with Gasteiger partial charge in [-0.25, -0.2) is 4.39 Å². The molecule has 1 aliphatic heterocycles. The Morgan fingerprint density at radius 2 is 1.92 bits per heavy atom. The molecule has 1 atom stereocenters. The predicted molar refractivity (Wildman–Crippen MR) is 93.4 cm³/mol. The third kappa shape index (κ3) is 4.35. The van der Waals surface area contributed by atoms with Crippen LogP contribution in [0.3, 0.4) is 0 Å². The van der Waals surface area contributed by atoms with Crippen LogP contribution in [0.4, 0.5) is 15.8 Å². The molecule has 1 unspecified atom stereocenters. The van der Waals surface area contributed by atoms with E-state index in [0.29, 0.717) is 30.0 Å². The Balaban J connectivity index is 1.68. The third-order valence-corrected chi connectivity index (χ3v) is 4.08. The zero-order valence-corrected chi connectivity index (χ0v) is 14.0. The molecule has 3 rings (SSSR count). The maximum absolute atomic E-state index is 13.2. The van der Waals surface area contributed by atoms with Crippen molar-refractivity contribution in [3.63, 3.8) is 0 Å². The van der Waals surface area contributed by atoms with Gasteiger partial charge in [0.25, 0.3) is 11.8 Å². The highest BCUT2D eigenvalue weighted by Crippen LogP contribution is 2.21. The molecule has 0 radical (unpaired) electrons. The van der Waals surface area contributed by atoms with E-state index in [-0.39, 0.29) is 10.9 Å². The second-order valence-corrected chi connectivity index (χ2v) is 6.06. The van der Waals surface area contributed by atoms with Crippen LogP contribution in [0, 0.1) is 5.82 Å². The van der Waals surface area contributed by atoms with Crippen molar-refractivity contribution in [1.29, 1.82) is 0 Å². The van der Waals surface area contributed by atoms with Gasteiger partial charge in [-0.2, -0.15) is 0 Å². The van der Waals surface area contributed by atoms with Crippen LogP contribution in [-0.2, 0) is 9.53 Å². The van der Waals surface area contributed by atoms with Gasteiger partial charge in [0.05, 0.1) is 5.02 Å². The van der Waals surface area contributed by atoms with E-state index in [4.69, 9.17) is 16.3 Å². The molecule has 0 aliphatic carbocycles. The number of nitrogens with one attached hydrogen (secondary N) is 2. The Morgan fingerprint density at radius 1 is 1.12 bits per heavy atom. The minimum Gasteiger partial charge on any atom is -0.368 e. The maximum atomic E-state index is 13.2. The van der Waals surface area contributed by atoms with E-state index < -0.39 is 17.8 Å². The number of halogens is 2. The molecule has 2 aromatic rings. The number of carbonyl (C=O) groups excluding carboxylic acids is 2. The van der Waals surface area contributed by atoms with Crippen LogP contribution in [0.1, 0.15) is 23.2 Å². The summed E-state index contributed by atoms with van der Waals surface area (Å²) >= 11 is 5.70. The van der Waals surface area contributed by atoms with E-state index in [0.717, 1.165) is 6.42 Å². The average Bonchev–Trinajstić information content (AvgIpc) is 3.13. The van der Waals surface area contributed by atoms with E-state index in [1.807, 2.05) is 0 Å². The molecule has 1 aliphatic rings. The van der Waals surface area contributed by atoms with Crippen LogP contribution < -0.4 is 10.6 Å². The molecule has 1 saturated heterocycles. The molecule has 0 saturated carbocycles. The van der Waals surface area contributed by atoms with Gasteiger partial charge in [-0.05, 0) is 49.2 Å². The third-order valence-electron chi connectivity index (χ3n) is 3.79. The minimum absolute atomic E-state index is 0.0737. The van der Waals surface area contributed by atoms with Crippen LogP contribution in [0.2, 0.25) is 5.02 Å². The van der Waals surface area contributed by atoms with Gasteiger partial charge in [-0.1, -0.05) is 17.7 Å². The standard InChI is InChI=1S/C18H16ClFN2O3/c19-14-10-13(6-7-15(14)20)21-17(23)11-3-1-4-12(9-11)22-18(24)16-5-2-8-25-16/h1,3-4,6-7,9-10,16H,2,5,8H2,(H,21,23)(H,22,24). The summed E-state index contributed by atoms with van der Waals surface area (Å²) in [5.41, 5.74) is 1.24. The number of anilines is 2. The molecule has 25 heavy (non-hydrogen) atoms. The number of carbonyl (C=O) groups is 2. The molecule has 1 heterocycles. The van der Waals surface area contributed by atoms with Crippen LogP contribution in [-0.4, -0.2) is 24.5 Å². The Morgan fingerprint density at radius 3 is 2.64 bits per heavy atom. The lowest BCUT2D eigenvalue weighted by molar-refractivity contribution is -0.124. The summed E-state index contributed by atoms with van der Waals surface area (Å²) in [7, 11) is 0. The van der Waals surface area contributed by atoms with Crippen molar-refractivity contribution < 1.29 is 18.7 Å². The van der Waals surface area contributed by atoms with Gasteiger partial charge in [0, 0.05) is 23.5 Å². The highest BCUT2D eigenvalue weighted by Gasteiger charge is 2.23. The molecular weight excluding hydrogens is 347 g/mol. The van der Waals surface area contributed by atoms with E-state index in [9.17, 15) is 14.0 Å². The molecule has 0 aromatic heterocycles. The first-order valence-electron chi connectivity index (χ1n) is 7.82. The fourth-order valence-corrected chi connectivity index (χ4v) is 2.70. The van der Waals surface area contributed by atoms with Crippen molar-refractivity contribution in [3.05, 3.63) is 58.9 Å². The molecule has 130 valence electrons. The van der Waals surface area contributed by atoms with Crippen molar-refractivity contribution in [3.8, 4) is 0 Å². The molecule has 2 aromatic carbocycles. The fraction of sp³-hybridized carbons (Fsp3) is 0.222. The second-order valence-electron chi connectivity index (χ2n) is 5.65. The lowest BCUT2D eigenvalue weighted by Crippen LogP contribution is -2.27. The Kier molecular flexibility index (Phi) is 5.31. The van der Waals surface area contributed by atoms with Gasteiger partial charge in [0.15, 0.2) is 0 Å². The SMILES string of the molecule is O=C(Nc1ccc(F)c(Cl)c1)c1cccc(NC(=O)C2CCCO2)c1. The van der Waals surface area contributed by atoms with Crippen molar-refractivity contribution in [2.24, 2.45) is 0 Å². The molecule has 2 amide bonds. The molecule has 5 nitrogen and oxygen atoms in total. The van der Waals surface area contributed by atoms with Crippen molar-refractivity contribution >= 4 is 34.8 Å². The van der Waals surface area contributed by atoms with E-state index >= 15 is 0 Å². The smallest absolute Gasteiger partial charge is 0.255 e. The zero-order chi connectivity index (χ0) is 17.8. The number of rotatable bonds is 4. The Labute approximate surface area is 149 Å². The molecular formula is C18H16ClFN2O3. The largest absolute Gasteiger partial charge is 0.368 e. The zero-order valence-electron chi connectivity index (χ0n) is 13.2. The summed E-state index contributed by atoms with van der Waals surface area (Å²) < 4.78 is 18.5. The topological polar surface area (TPSA) is 67.4 Å². The van der Waals surface area contributed by atoms with Crippen LogP contribution in [0.5, 0.6) is 0 Å². The van der Waals surface area contributed by atoms with Crippen LogP contribution in [0.15, 0.2) is 42.5 Å². The summed E-state index contributed by atoms with van der Waals surface area (Å²) in [5, 5.41) is 5.31. The normalized spacial score (nSPS) is 16.5. The van der Waals surface area contributed by atoms with Gasteiger partial charge in [-0.15, -0.1) is 0 Å². The summed E-state index contributed by atoms with van der Waals surface area (Å²) in [4.78, 5) is 24.4. The number of ether oxygens (including phenoxy) is 1. The monoisotopic (exact) mass is 362 g/mol. The van der Waals surface area contributed by atoms with Gasteiger partial charge < -0.3 is 15.4 Å². The van der Waals surface area contributed by atoms with Gasteiger partial charge in [-0.3, -0.25) is 9.59 Å².